The molecule has 2 amide bonds. The summed E-state index contributed by atoms with van der Waals surface area (Å²) in [6.45, 7) is 3.74. The van der Waals surface area contributed by atoms with Gasteiger partial charge < -0.3 is 19.7 Å². The van der Waals surface area contributed by atoms with Crippen LogP contribution in [-0.2, 0) is 11.3 Å². The highest BCUT2D eigenvalue weighted by molar-refractivity contribution is 5.97. The molecule has 6 nitrogen and oxygen atoms in total. The first-order valence-electron chi connectivity index (χ1n) is 10.7. The van der Waals surface area contributed by atoms with E-state index in [0.29, 0.717) is 43.4 Å². The Labute approximate surface area is 187 Å². The van der Waals surface area contributed by atoms with E-state index in [2.05, 4.69) is 5.32 Å². The van der Waals surface area contributed by atoms with Gasteiger partial charge in [-0.15, -0.1) is 0 Å². The van der Waals surface area contributed by atoms with E-state index in [9.17, 15) is 9.59 Å². The molecule has 1 heterocycles. The van der Waals surface area contributed by atoms with Gasteiger partial charge in [-0.3, -0.25) is 9.59 Å². The van der Waals surface area contributed by atoms with Crippen LogP contribution in [0.15, 0.2) is 78.9 Å². The minimum atomic E-state index is -0.805. The molecule has 164 valence electrons. The van der Waals surface area contributed by atoms with Gasteiger partial charge in [-0.05, 0) is 30.7 Å². The third kappa shape index (κ3) is 4.75. The molecule has 0 radical (unpaired) electrons. The molecule has 1 N–H and O–H groups in total. The maximum atomic E-state index is 13.7. The summed E-state index contributed by atoms with van der Waals surface area (Å²) in [6, 6.07) is 23.1. The molecule has 3 aromatic rings. The van der Waals surface area contributed by atoms with E-state index in [4.69, 9.17) is 9.47 Å². The number of carbonyl (C=O) groups excluding carboxylic acids is 2. The molecule has 0 spiro atoms. The summed E-state index contributed by atoms with van der Waals surface area (Å²) in [6.07, 6.45) is 0. The number of nitrogens with zero attached hydrogens (tertiary/aromatic N) is 1. The van der Waals surface area contributed by atoms with E-state index in [0.717, 1.165) is 11.1 Å². The smallest absolute Gasteiger partial charge is 0.252 e. The Hall–Kier alpha value is -3.80. The molecule has 0 bridgehead atoms. The fraction of sp³-hybridized carbons (Fsp3) is 0.231. The molecular weight excluding hydrogens is 404 g/mol. The Morgan fingerprint density at radius 1 is 0.906 bits per heavy atom. The van der Waals surface area contributed by atoms with E-state index >= 15 is 0 Å². The van der Waals surface area contributed by atoms with Crippen molar-refractivity contribution >= 4 is 11.8 Å². The highest BCUT2D eigenvalue weighted by Gasteiger charge is 2.28. The molecule has 32 heavy (non-hydrogen) atoms. The summed E-state index contributed by atoms with van der Waals surface area (Å²) >= 11 is 0. The topological polar surface area (TPSA) is 67.9 Å². The molecule has 4 rings (SSSR count). The second kappa shape index (κ2) is 10.0. The molecular formula is C26H26N2O4. The first-order chi connectivity index (χ1) is 15.7. The van der Waals surface area contributed by atoms with Crippen LogP contribution in [0.2, 0.25) is 0 Å². The van der Waals surface area contributed by atoms with Crippen molar-refractivity contribution in [3.8, 4) is 11.5 Å². The van der Waals surface area contributed by atoms with Gasteiger partial charge in [0.05, 0.1) is 0 Å². The van der Waals surface area contributed by atoms with Gasteiger partial charge in [0.15, 0.2) is 11.5 Å². The second-order valence-electron chi connectivity index (χ2n) is 7.48. The van der Waals surface area contributed by atoms with E-state index in [1.165, 1.54) is 0 Å². The molecule has 0 aromatic heterocycles. The van der Waals surface area contributed by atoms with Gasteiger partial charge in [-0.2, -0.15) is 0 Å². The number of para-hydroxylation sites is 1. The van der Waals surface area contributed by atoms with Crippen LogP contribution in [0.25, 0.3) is 0 Å². The Balaban J connectivity index is 1.60. The molecule has 1 unspecified atom stereocenters. The summed E-state index contributed by atoms with van der Waals surface area (Å²) in [7, 11) is 0. The minimum Gasteiger partial charge on any atom is -0.486 e. The van der Waals surface area contributed by atoms with Crippen molar-refractivity contribution in [1.29, 1.82) is 0 Å². The summed E-state index contributed by atoms with van der Waals surface area (Å²) < 4.78 is 11.5. The number of amides is 2. The molecule has 0 aliphatic carbocycles. The lowest BCUT2D eigenvalue weighted by molar-refractivity contribution is -0.133. The van der Waals surface area contributed by atoms with E-state index < -0.39 is 6.04 Å². The van der Waals surface area contributed by atoms with Gasteiger partial charge in [0.1, 0.15) is 19.3 Å². The number of likely N-dealkylation sites (N-methyl/N-ethyl adjacent to an activating group) is 1. The highest BCUT2D eigenvalue weighted by atomic mass is 16.6. The third-order valence-electron chi connectivity index (χ3n) is 5.39. The molecule has 0 saturated carbocycles. The van der Waals surface area contributed by atoms with Gasteiger partial charge in [0.2, 0.25) is 5.91 Å². The molecule has 0 fully saturated rings. The van der Waals surface area contributed by atoms with E-state index in [-0.39, 0.29) is 11.8 Å². The van der Waals surface area contributed by atoms with Gasteiger partial charge in [0, 0.05) is 24.2 Å². The van der Waals surface area contributed by atoms with Crippen molar-refractivity contribution in [2.24, 2.45) is 0 Å². The largest absolute Gasteiger partial charge is 0.486 e. The summed E-state index contributed by atoms with van der Waals surface area (Å²) in [5.41, 5.74) is 2.11. The van der Waals surface area contributed by atoms with Crippen molar-refractivity contribution in [2.45, 2.75) is 19.5 Å². The number of carbonyl (C=O) groups is 2. The summed E-state index contributed by atoms with van der Waals surface area (Å²) in [5.74, 6) is 0.888. The zero-order valence-electron chi connectivity index (χ0n) is 18.0. The highest BCUT2D eigenvalue weighted by Crippen LogP contribution is 2.34. The van der Waals surface area contributed by atoms with Crippen LogP contribution in [0.5, 0.6) is 11.5 Å². The van der Waals surface area contributed by atoms with Crippen LogP contribution in [0.1, 0.15) is 34.5 Å². The Bertz CT molecular complexity index is 1070. The van der Waals surface area contributed by atoms with Crippen molar-refractivity contribution in [3.63, 3.8) is 0 Å². The standard InChI is InChI=1S/C26H26N2O4/c1-2-28(18-21-14-9-15-22-24(21)32-17-16-31-22)26(30)23(19-10-5-3-6-11-19)27-25(29)20-12-7-4-8-13-20/h3-15,23H,2,16-18H2,1H3,(H,27,29). The summed E-state index contributed by atoms with van der Waals surface area (Å²) in [4.78, 5) is 28.2. The molecule has 3 aromatic carbocycles. The zero-order chi connectivity index (χ0) is 22.3. The van der Waals surface area contributed by atoms with Crippen LogP contribution in [-0.4, -0.2) is 36.5 Å². The van der Waals surface area contributed by atoms with Gasteiger partial charge in [-0.1, -0.05) is 60.7 Å². The lowest BCUT2D eigenvalue weighted by atomic mass is 10.0. The monoisotopic (exact) mass is 430 g/mol. The van der Waals surface area contributed by atoms with E-state index in [1.807, 2.05) is 61.5 Å². The van der Waals surface area contributed by atoms with Gasteiger partial charge in [-0.25, -0.2) is 0 Å². The number of nitrogens with one attached hydrogen (secondary N) is 1. The fourth-order valence-electron chi connectivity index (χ4n) is 3.73. The van der Waals surface area contributed by atoms with Crippen LogP contribution >= 0.6 is 0 Å². The average molecular weight is 431 g/mol. The SMILES string of the molecule is CCN(Cc1cccc2c1OCCO2)C(=O)C(NC(=O)c1ccccc1)c1ccccc1. The van der Waals surface area contributed by atoms with Crippen molar-refractivity contribution < 1.29 is 19.1 Å². The first-order valence-corrected chi connectivity index (χ1v) is 10.7. The Morgan fingerprint density at radius 2 is 1.59 bits per heavy atom. The number of benzene rings is 3. The van der Waals surface area contributed by atoms with Crippen molar-refractivity contribution in [1.82, 2.24) is 10.2 Å². The van der Waals surface area contributed by atoms with Crippen molar-refractivity contribution in [3.05, 3.63) is 95.6 Å². The predicted molar refractivity (Wildman–Crippen MR) is 122 cm³/mol. The van der Waals surface area contributed by atoms with Crippen LogP contribution in [0.4, 0.5) is 0 Å². The quantitative estimate of drug-likeness (QED) is 0.616. The van der Waals surface area contributed by atoms with Crippen LogP contribution < -0.4 is 14.8 Å². The first kappa shape index (κ1) is 21.4. The average Bonchev–Trinajstić information content (AvgIpc) is 2.86. The van der Waals surface area contributed by atoms with Crippen molar-refractivity contribution in [2.75, 3.05) is 19.8 Å². The Kier molecular flexibility index (Phi) is 6.70. The lowest BCUT2D eigenvalue weighted by Gasteiger charge is -2.29. The third-order valence-corrected chi connectivity index (χ3v) is 5.39. The molecule has 1 atom stereocenters. The lowest BCUT2D eigenvalue weighted by Crippen LogP contribution is -2.42. The summed E-state index contributed by atoms with van der Waals surface area (Å²) in [5, 5.41) is 2.93. The molecule has 0 saturated heterocycles. The second-order valence-corrected chi connectivity index (χ2v) is 7.48. The fourth-order valence-corrected chi connectivity index (χ4v) is 3.73. The Morgan fingerprint density at radius 3 is 2.31 bits per heavy atom. The predicted octanol–water partition coefficient (Wildman–Crippen LogP) is 3.98. The number of fused-ring (bicyclic) bond motifs is 1. The number of hydrogen-bond acceptors (Lipinski definition) is 4. The van der Waals surface area contributed by atoms with Crippen LogP contribution in [0.3, 0.4) is 0 Å². The van der Waals surface area contributed by atoms with Gasteiger partial charge in [0.25, 0.3) is 5.91 Å². The van der Waals surface area contributed by atoms with Crippen LogP contribution in [0, 0.1) is 0 Å². The zero-order valence-corrected chi connectivity index (χ0v) is 18.0. The minimum absolute atomic E-state index is 0.183. The number of ether oxygens (including phenoxy) is 2. The normalized spacial score (nSPS) is 13.2. The molecule has 1 aliphatic rings. The maximum absolute atomic E-state index is 13.7. The van der Waals surface area contributed by atoms with Gasteiger partial charge >= 0.3 is 0 Å². The maximum Gasteiger partial charge on any atom is 0.252 e. The molecule has 1 aliphatic heterocycles. The van der Waals surface area contributed by atoms with E-state index in [1.54, 1.807) is 29.2 Å². The number of rotatable bonds is 7. The molecule has 6 heteroatoms. The number of hydrogen-bond donors (Lipinski definition) is 1.